The molecular weight excluding hydrogens is 495 g/mol. The third kappa shape index (κ3) is 5.53. The van der Waals surface area contributed by atoms with Crippen molar-refractivity contribution in [1.29, 1.82) is 0 Å². The molecule has 1 amide bonds. The number of carbonyl (C=O) groups is 2. The molecule has 2 saturated heterocycles. The van der Waals surface area contributed by atoms with Crippen LogP contribution in [0.25, 0.3) is 5.76 Å². The molecule has 6 nitrogen and oxygen atoms in total. The lowest BCUT2D eigenvalue weighted by Crippen LogP contribution is -2.29. The highest BCUT2D eigenvalue weighted by atomic mass is 19.1. The lowest BCUT2D eigenvalue weighted by Gasteiger charge is -2.26. The van der Waals surface area contributed by atoms with Crippen LogP contribution in [0.15, 0.2) is 78.4 Å². The molecular formula is C32H33FN2O4. The molecule has 1 unspecified atom stereocenters. The van der Waals surface area contributed by atoms with Crippen LogP contribution in [0.5, 0.6) is 5.75 Å². The maximum absolute atomic E-state index is 13.8. The van der Waals surface area contributed by atoms with Gasteiger partial charge in [0.05, 0.1) is 18.2 Å². The summed E-state index contributed by atoms with van der Waals surface area (Å²) in [5.41, 5.74) is 2.47. The Morgan fingerprint density at radius 1 is 0.897 bits per heavy atom. The number of anilines is 2. The molecule has 2 aliphatic heterocycles. The zero-order chi connectivity index (χ0) is 27.4. The Labute approximate surface area is 228 Å². The van der Waals surface area contributed by atoms with Crippen molar-refractivity contribution in [3.05, 3.63) is 95.3 Å². The van der Waals surface area contributed by atoms with Crippen molar-refractivity contribution < 1.29 is 23.8 Å². The second-order valence-corrected chi connectivity index (χ2v) is 10.0. The van der Waals surface area contributed by atoms with Crippen molar-refractivity contribution in [2.75, 3.05) is 29.5 Å². The normalized spacial score (nSPS) is 18.7. The molecule has 0 spiro atoms. The third-order valence-electron chi connectivity index (χ3n) is 7.37. The molecule has 0 aromatic heterocycles. The number of unbranched alkanes of at least 4 members (excludes halogenated alkanes) is 2. The maximum atomic E-state index is 13.8. The monoisotopic (exact) mass is 528 g/mol. The van der Waals surface area contributed by atoms with E-state index in [0.717, 1.165) is 50.9 Å². The van der Waals surface area contributed by atoms with Gasteiger partial charge in [-0.3, -0.25) is 14.5 Å². The van der Waals surface area contributed by atoms with Crippen molar-refractivity contribution in [3.63, 3.8) is 0 Å². The number of Topliss-reactive ketones (excluding diaryl/α,β-unsaturated/α-hetero) is 1. The lowest BCUT2D eigenvalue weighted by atomic mass is 9.95. The van der Waals surface area contributed by atoms with Gasteiger partial charge in [-0.2, -0.15) is 0 Å². The Kier molecular flexibility index (Phi) is 7.96. The number of aliphatic hydroxyl groups is 1. The van der Waals surface area contributed by atoms with E-state index in [9.17, 15) is 19.1 Å². The highest BCUT2D eigenvalue weighted by Gasteiger charge is 2.47. The smallest absolute Gasteiger partial charge is 0.300 e. The van der Waals surface area contributed by atoms with Gasteiger partial charge in [-0.25, -0.2) is 4.39 Å². The first-order valence-corrected chi connectivity index (χ1v) is 13.6. The quantitative estimate of drug-likeness (QED) is 0.146. The average molecular weight is 529 g/mol. The van der Waals surface area contributed by atoms with Crippen molar-refractivity contribution in [1.82, 2.24) is 0 Å². The first-order valence-electron chi connectivity index (χ1n) is 13.6. The lowest BCUT2D eigenvalue weighted by molar-refractivity contribution is -0.132. The van der Waals surface area contributed by atoms with Crippen molar-refractivity contribution in [2.24, 2.45) is 0 Å². The summed E-state index contributed by atoms with van der Waals surface area (Å²) in [6.45, 7) is 4.71. The van der Waals surface area contributed by atoms with Gasteiger partial charge < -0.3 is 14.7 Å². The molecule has 0 saturated carbocycles. The molecule has 2 fully saturated rings. The van der Waals surface area contributed by atoms with Gasteiger partial charge in [0.15, 0.2) is 0 Å². The highest BCUT2D eigenvalue weighted by molar-refractivity contribution is 6.51. The van der Waals surface area contributed by atoms with Crippen LogP contribution in [0.4, 0.5) is 15.8 Å². The molecule has 202 valence electrons. The summed E-state index contributed by atoms with van der Waals surface area (Å²) in [4.78, 5) is 30.5. The number of nitrogens with zero attached hydrogens (tertiary/aromatic N) is 2. The molecule has 3 aromatic carbocycles. The Morgan fingerprint density at radius 2 is 1.54 bits per heavy atom. The summed E-state index contributed by atoms with van der Waals surface area (Å²) in [7, 11) is 0. The number of rotatable bonds is 9. The first-order chi connectivity index (χ1) is 19.0. The van der Waals surface area contributed by atoms with Crippen LogP contribution in [0.3, 0.4) is 0 Å². The number of aliphatic hydroxyl groups excluding tert-OH is 1. The van der Waals surface area contributed by atoms with E-state index in [-0.39, 0.29) is 11.3 Å². The molecule has 0 radical (unpaired) electrons. The van der Waals surface area contributed by atoms with Gasteiger partial charge in [0, 0.05) is 30.0 Å². The predicted molar refractivity (Wildman–Crippen MR) is 151 cm³/mol. The highest BCUT2D eigenvalue weighted by Crippen LogP contribution is 2.42. The minimum Gasteiger partial charge on any atom is -0.507 e. The van der Waals surface area contributed by atoms with Gasteiger partial charge in [-0.15, -0.1) is 0 Å². The fourth-order valence-electron chi connectivity index (χ4n) is 5.27. The van der Waals surface area contributed by atoms with Crippen LogP contribution < -0.4 is 14.5 Å². The Bertz CT molecular complexity index is 1340. The van der Waals surface area contributed by atoms with Crippen LogP contribution in [0.1, 0.15) is 56.2 Å². The molecule has 3 aromatic rings. The summed E-state index contributed by atoms with van der Waals surface area (Å²) in [5.74, 6) is -1.58. The first kappa shape index (κ1) is 26.5. The van der Waals surface area contributed by atoms with E-state index >= 15 is 0 Å². The Morgan fingerprint density at radius 3 is 2.18 bits per heavy atom. The van der Waals surface area contributed by atoms with E-state index in [2.05, 4.69) is 11.8 Å². The third-order valence-corrected chi connectivity index (χ3v) is 7.37. The SMILES string of the molecule is CCCCCOc1ccc(/C(O)=C2\C(=O)C(=O)N(c3ccc(N4CCCC4)cc3)C2c2ccc(F)cc2)cc1. The van der Waals surface area contributed by atoms with Crippen molar-refractivity contribution >= 4 is 28.8 Å². The van der Waals surface area contributed by atoms with Gasteiger partial charge in [-0.05, 0) is 85.5 Å². The standard InChI is InChI=1S/C32H33FN2O4/c1-2-3-6-21-39-27-17-9-23(10-18-27)30(36)28-29(22-7-11-24(33)12-8-22)35(32(38)31(28)37)26-15-13-25(14-16-26)34-19-4-5-20-34/h7-18,29,36H,2-6,19-21H2,1H3/b30-28+. The van der Waals surface area contributed by atoms with Crippen LogP contribution >= 0.6 is 0 Å². The number of carbonyl (C=O) groups excluding carboxylic acids is 2. The zero-order valence-corrected chi connectivity index (χ0v) is 22.1. The van der Waals surface area contributed by atoms with Gasteiger partial charge in [0.25, 0.3) is 11.7 Å². The summed E-state index contributed by atoms with van der Waals surface area (Å²) < 4.78 is 19.6. The number of amides is 1. The summed E-state index contributed by atoms with van der Waals surface area (Å²) in [6.07, 6.45) is 5.44. The molecule has 0 aliphatic carbocycles. The predicted octanol–water partition coefficient (Wildman–Crippen LogP) is 6.62. The van der Waals surface area contributed by atoms with Crippen LogP contribution in [-0.2, 0) is 9.59 Å². The second kappa shape index (κ2) is 11.7. The minimum absolute atomic E-state index is 0.0353. The molecule has 2 aliphatic rings. The Balaban J connectivity index is 1.50. The molecule has 0 bridgehead atoms. The molecule has 1 N–H and O–H groups in total. The molecule has 5 rings (SSSR count). The number of ketones is 1. The number of benzene rings is 3. The van der Waals surface area contributed by atoms with Gasteiger partial charge in [-0.1, -0.05) is 31.9 Å². The minimum atomic E-state index is -0.909. The largest absolute Gasteiger partial charge is 0.507 e. The summed E-state index contributed by atoms with van der Waals surface area (Å²) in [6, 6.07) is 19.1. The molecule has 7 heteroatoms. The number of hydrogen-bond acceptors (Lipinski definition) is 5. The van der Waals surface area contributed by atoms with Crippen LogP contribution in [-0.4, -0.2) is 36.5 Å². The average Bonchev–Trinajstić information content (AvgIpc) is 3.59. The fraction of sp³-hybridized carbons (Fsp3) is 0.312. The topological polar surface area (TPSA) is 70.1 Å². The van der Waals surface area contributed by atoms with E-state index in [0.29, 0.717) is 29.2 Å². The summed E-state index contributed by atoms with van der Waals surface area (Å²) in [5, 5.41) is 11.3. The van der Waals surface area contributed by atoms with E-state index in [4.69, 9.17) is 4.74 Å². The van der Waals surface area contributed by atoms with Gasteiger partial charge in [0.2, 0.25) is 0 Å². The molecule has 1 atom stereocenters. The molecule has 2 heterocycles. The van der Waals surface area contributed by atoms with E-state index in [1.54, 1.807) is 24.3 Å². The van der Waals surface area contributed by atoms with E-state index < -0.39 is 23.5 Å². The van der Waals surface area contributed by atoms with Crippen LogP contribution in [0, 0.1) is 5.82 Å². The van der Waals surface area contributed by atoms with Gasteiger partial charge in [0.1, 0.15) is 17.3 Å². The zero-order valence-electron chi connectivity index (χ0n) is 22.1. The Hall–Kier alpha value is -4.13. The number of ether oxygens (including phenoxy) is 1. The van der Waals surface area contributed by atoms with E-state index in [1.165, 1.54) is 29.2 Å². The van der Waals surface area contributed by atoms with Crippen molar-refractivity contribution in [2.45, 2.75) is 45.1 Å². The number of halogens is 1. The summed E-state index contributed by atoms with van der Waals surface area (Å²) >= 11 is 0. The number of hydrogen-bond donors (Lipinski definition) is 1. The second-order valence-electron chi connectivity index (χ2n) is 10.0. The maximum Gasteiger partial charge on any atom is 0.300 e. The van der Waals surface area contributed by atoms with Crippen molar-refractivity contribution in [3.8, 4) is 5.75 Å². The molecule has 39 heavy (non-hydrogen) atoms. The van der Waals surface area contributed by atoms with Crippen LogP contribution in [0.2, 0.25) is 0 Å². The fourth-order valence-corrected chi connectivity index (χ4v) is 5.27. The van der Waals surface area contributed by atoms with Gasteiger partial charge >= 0.3 is 0 Å². The van der Waals surface area contributed by atoms with E-state index in [1.807, 2.05) is 24.3 Å².